The quantitative estimate of drug-likeness (QED) is 0.579. The van der Waals surface area contributed by atoms with Gasteiger partial charge >= 0.3 is 0 Å². The van der Waals surface area contributed by atoms with Crippen LogP contribution in [0.3, 0.4) is 0 Å². The van der Waals surface area contributed by atoms with E-state index >= 15 is 0 Å². The van der Waals surface area contributed by atoms with Crippen molar-refractivity contribution in [3.63, 3.8) is 0 Å². The summed E-state index contributed by atoms with van der Waals surface area (Å²) in [5.74, 6) is 7.15. The van der Waals surface area contributed by atoms with E-state index in [0.717, 1.165) is 31.0 Å². The minimum absolute atomic E-state index is 0.0593. The third kappa shape index (κ3) is 5.66. The largest absolute Gasteiger partial charge is 0.366 e. The fraction of sp³-hybridized carbons (Fsp3) is 0.276. The maximum atomic E-state index is 11.3. The van der Waals surface area contributed by atoms with Gasteiger partial charge in [0.15, 0.2) is 0 Å². The van der Waals surface area contributed by atoms with Crippen LogP contribution in [0, 0.1) is 24.7 Å². The van der Waals surface area contributed by atoms with Crippen LogP contribution in [0.5, 0.6) is 0 Å². The van der Waals surface area contributed by atoms with Crippen LogP contribution < -0.4 is 5.73 Å². The highest BCUT2D eigenvalue weighted by molar-refractivity contribution is 5.92. The highest BCUT2D eigenvalue weighted by atomic mass is 16.1. The zero-order chi connectivity index (χ0) is 22.3. The van der Waals surface area contributed by atoms with Gasteiger partial charge in [-0.1, -0.05) is 72.0 Å². The first-order chi connectivity index (χ1) is 15.6. The normalized spacial score (nSPS) is 15.5. The predicted octanol–water partition coefficient (Wildman–Crippen LogP) is 5.14. The topological polar surface area (TPSA) is 46.3 Å². The van der Waals surface area contributed by atoms with Crippen molar-refractivity contribution in [2.45, 2.75) is 32.2 Å². The van der Waals surface area contributed by atoms with Gasteiger partial charge in [0, 0.05) is 11.1 Å². The van der Waals surface area contributed by atoms with Crippen molar-refractivity contribution in [3.8, 4) is 11.8 Å². The second-order valence-corrected chi connectivity index (χ2v) is 8.69. The van der Waals surface area contributed by atoms with Crippen LogP contribution in [-0.2, 0) is 6.42 Å². The standard InChI is InChI=1S/C29H30N2O/c1-22-7-12-26(13-8-22)28(16-11-23-9-14-27(15-10-23)29(30)32)31-19-17-25(18-20-31)21-24-5-3-2-4-6-24/h2-10,12-15,25,28H,17-21H2,1H3,(H2,30,32). The van der Waals surface area contributed by atoms with E-state index in [1.165, 1.54) is 29.5 Å². The number of nitrogens with two attached hydrogens (primary N) is 1. The van der Waals surface area contributed by atoms with E-state index in [0.29, 0.717) is 5.56 Å². The molecule has 4 rings (SSSR count). The maximum absolute atomic E-state index is 11.3. The lowest BCUT2D eigenvalue weighted by molar-refractivity contribution is 0.100. The van der Waals surface area contributed by atoms with Crippen molar-refractivity contribution in [2.75, 3.05) is 13.1 Å². The summed E-state index contributed by atoms with van der Waals surface area (Å²) in [5, 5.41) is 0. The summed E-state index contributed by atoms with van der Waals surface area (Å²) in [5.41, 5.74) is 10.7. The molecule has 0 aliphatic carbocycles. The zero-order valence-electron chi connectivity index (χ0n) is 18.6. The molecule has 1 aliphatic rings. The van der Waals surface area contributed by atoms with Crippen LogP contribution in [0.2, 0.25) is 0 Å². The van der Waals surface area contributed by atoms with Crippen LogP contribution >= 0.6 is 0 Å². The summed E-state index contributed by atoms with van der Waals surface area (Å²) in [4.78, 5) is 13.8. The molecule has 3 aromatic carbocycles. The SMILES string of the molecule is Cc1ccc(C(C#Cc2ccc(C(N)=O)cc2)N2CCC(Cc3ccccc3)CC2)cc1. The van der Waals surface area contributed by atoms with Gasteiger partial charge in [0.1, 0.15) is 0 Å². The number of rotatable bonds is 5. The Morgan fingerprint density at radius 2 is 1.62 bits per heavy atom. The van der Waals surface area contributed by atoms with Crippen molar-refractivity contribution in [2.24, 2.45) is 11.7 Å². The Hall–Kier alpha value is -3.35. The molecule has 2 N–H and O–H groups in total. The van der Waals surface area contributed by atoms with Gasteiger partial charge in [-0.05, 0) is 80.6 Å². The Morgan fingerprint density at radius 3 is 2.25 bits per heavy atom. The number of carbonyl (C=O) groups excluding carboxylic acids is 1. The molecule has 3 nitrogen and oxygen atoms in total. The van der Waals surface area contributed by atoms with Crippen LogP contribution in [0.15, 0.2) is 78.9 Å². The van der Waals surface area contributed by atoms with Crippen molar-refractivity contribution in [1.82, 2.24) is 4.90 Å². The molecule has 1 fully saturated rings. The first-order valence-electron chi connectivity index (χ1n) is 11.3. The highest BCUT2D eigenvalue weighted by Crippen LogP contribution is 2.28. The fourth-order valence-corrected chi connectivity index (χ4v) is 4.37. The Labute approximate surface area is 191 Å². The van der Waals surface area contributed by atoms with Crippen molar-refractivity contribution >= 4 is 5.91 Å². The molecule has 0 aromatic heterocycles. The number of hydrogen-bond donors (Lipinski definition) is 1. The van der Waals surface area contributed by atoms with Crippen molar-refractivity contribution < 1.29 is 4.79 Å². The number of aryl methyl sites for hydroxylation is 1. The van der Waals surface area contributed by atoms with Gasteiger partial charge in [0.25, 0.3) is 0 Å². The molecule has 0 bridgehead atoms. The van der Waals surface area contributed by atoms with Gasteiger partial charge in [-0.3, -0.25) is 9.69 Å². The number of carbonyl (C=O) groups is 1. The average molecular weight is 423 g/mol. The number of hydrogen-bond acceptors (Lipinski definition) is 2. The number of piperidine rings is 1. The maximum Gasteiger partial charge on any atom is 0.248 e. The number of likely N-dealkylation sites (tertiary alicyclic amines) is 1. The smallest absolute Gasteiger partial charge is 0.248 e. The summed E-state index contributed by atoms with van der Waals surface area (Å²) in [7, 11) is 0. The predicted molar refractivity (Wildman–Crippen MR) is 130 cm³/mol. The van der Waals surface area contributed by atoms with E-state index in [4.69, 9.17) is 5.73 Å². The van der Waals surface area contributed by atoms with Crippen LogP contribution in [-0.4, -0.2) is 23.9 Å². The highest BCUT2D eigenvalue weighted by Gasteiger charge is 2.25. The lowest BCUT2D eigenvalue weighted by Crippen LogP contribution is -2.36. The molecule has 1 saturated heterocycles. The Balaban J connectivity index is 1.49. The lowest BCUT2D eigenvalue weighted by Gasteiger charge is -2.35. The number of benzene rings is 3. The number of primary amides is 1. The van der Waals surface area contributed by atoms with E-state index in [1.54, 1.807) is 12.1 Å². The van der Waals surface area contributed by atoms with E-state index in [1.807, 2.05) is 12.1 Å². The van der Waals surface area contributed by atoms with Crippen LogP contribution in [0.1, 0.15) is 51.5 Å². The Kier molecular flexibility index (Phi) is 7.04. The van der Waals surface area contributed by atoms with Gasteiger partial charge in [-0.2, -0.15) is 0 Å². The average Bonchev–Trinajstić information content (AvgIpc) is 2.82. The first-order valence-corrected chi connectivity index (χ1v) is 11.3. The molecule has 0 radical (unpaired) electrons. The summed E-state index contributed by atoms with van der Waals surface area (Å²) in [6.45, 7) is 4.20. The summed E-state index contributed by atoms with van der Waals surface area (Å²) >= 11 is 0. The molecule has 0 spiro atoms. The van der Waals surface area contributed by atoms with Gasteiger partial charge in [-0.15, -0.1) is 0 Å². The third-order valence-electron chi connectivity index (χ3n) is 6.30. The number of nitrogens with zero attached hydrogens (tertiary/aromatic N) is 1. The van der Waals surface area contributed by atoms with E-state index in [2.05, 4.69) is 78.3 Å². The minimum atomic E-state index is -0.416. The van der Waals surface area contributed by atoms with E-state index < -0.39 is 5.91 Å². The molecule has 1 unspecified atom stereocenters. The van der Waals surface area contributed by atoms with Gasteiger partial charge in [-0.25, -0.2) is 0 Å². The fourth-order valence-electron chi connectivity index (χ4n) is 4.37. The van der Waals surface area contributed by atoms with Gasteiger partial charge in [0.05, 0.1) is 6.04 Å². The molecule has 1 atom stereocenters. The molecular formula is C29H30N2O. The minimum Gasteiger partial charge on any atom is -0.366 e. The Morgan fingerprint density at radius 1 is 0.969 bits per heavy atom. The molecule has 162 valence electrons. The van der Waals surface area contributed by atoms with Gasteiger partial charge < -0.3 is 5.73 Å². The number of amides is 1. The van der Waals surface area contributed by atoms with Gasteiger partial charge in [0.2, 0.25) is 5.91 Å². The second-order valence-electron chi connectivity index (χ2n) is 8.69. The summed E-state index contributed by atoms with van der Waals surface area (Å²) in [6, 6.07) is 26.8. The van der Waals surface area contributed by atoms with E-state index in [-0.39, 0.29) is 6.04 Å². The monoisotopic (exact) mass is 422 g/mol. The summed E-state index contributed by atoms with van der Waals surface area (Å²) < 4.78 is 0. The van der Waals surface area contributed by atoms with Crippen molar-refractivity contribution in [1.29, 1.82) is 0 Å². The molecule has 1 aliphatic heterocycles. The van der Waals surface area contributed by atoms with Crippen molar-refractivity contribution in [3.05, 3.63) is 107 Å². The molecular weight excluding hydrogens is 392 g/mol. The molecule has 3 heteroatoms. The Bertz CT molecular complexity index is 1080. The molecule has 1 amide bonds. The van der Waals surface area contributed by atoms with E-state index in [9.17, 15) is 4.79 Å². The van der Waals surface area contributed by atoms with Crippen LogP contribution in [0.25, 0.3) is 0 Å². The molecule has 1 heterocycles. The summed E-state index contributed by atoms with van der Waals surface area (Å²) in [6.07, 6.45) is 3.53. The first kappa shape index (κ1) is 21.9. The van der Waals surface area contributed by atoms with Crippen LogP contribution in [0.4, 0.5) is 0 Å². The molecule has 3 aromatic rings. The lowest BCUT2D eigenvalue weighted by atomic mass is 9.89. The zero-order valence-corrected chi connectivity index (χ0v) is 18.6. The molecule has 0 saturated carbocycles. The second kappa shape index (κ2) is 10.3. The third-order valence-corrected chi connectivity index (χ3v) is 6.30. The molecule has 32 heavy (non-hydrogen) atoms.